The monoisotopic (exact) mass is 251 g/mol. The normalized spacial score (nSPS) is 20.8. The molecule has 0 aromatic carbocycles. The molecule has 0 aliphatic heterocycles. The highest BCUT2D eigenvalue weighted by atomic mass is 15.2. The van der Waals surface area contributed by atoms with E-state index in [0.29, 0.717) is 6.04 Å². The Kier molecular flexibility index (Phi) is 5.62. The SMILES string of the molecule is CNC(C)(C#N)CC(C)N(CCC(C)C)C1CC1. The Morgan fingerprint density at radius 2 is 2.00 bits per heavy atom. The lowest BCUT2D eigenvalue weighted by molar-refractivity contribution is 0.161. The molecule has 0 spiro atoms. The highest BCUT2D eigenvalue weighted by molar-refractivity contribution is 5.05. The van der Waals surface area contributed by atoms with Gasteiger partial charge in [0.2, 0.25) is 0 Å². The molecule has 0 aromatic rings. The van der Waals surface area contributed by atoms with Gasteiger partial charge in [-0.1, -0.05) is 13.8 Å². The Morgan fingerprint density at radius 1 is 1.39 bits per heavy atom. The fourth-order valence-corrected chi connectivity index (χ4v) is 2.49. The molecule has 1 saturated carbocycles. The lowest BCUT2D eigenvalue weighted by Gasteiger charge is -2.34. The topological polar surface area (TPSA) is 39.1 Å². The summed E-state index contributed by atoms with van der Waals surface area (Å²) in [5, 5.41) is 12.4. The predicted molar refractivity (Wildman–Crippen MR) is 76.3 cm³/mol. The van der Waals surface area contributed by atoms with Crippen LogP contribution in [0.1, 0.15) is 53.4 Å². The molecule has 1 aliphatic carbocycles. The lowest BCUT2D eigenvalue weighted by atomic mass is 9.94. The average molecular weight is 251 g/mol. The molecule has 0 amide bonds. The smallest absolute Gasteiger partial charge is 0.105 e. The molecule has 2 atom stereocenters. The minimum atomic E-state index is -0.398. The van der Waals surface area contributed by atoms with Crippen molar-refractivity contribution in [1.82, 2.24) is 10.2 Å². The van der Waals surface area contributed by atoms with E-state index in [-0.39, 0.29) is 0 Å². The number of nitriles is 1. The molecule has 0 radical (unpaired) electrons. The maximum Gasteiger partial charge on any atom is 0.105 e. The molecule has 1 N–H and O–H groups in total. The highest BCUT2D eigenvalue weighted by Crippen LogP contribution is 2.31. The molecule has 0 heterocycles. The molecule has 3 nitrogen and oxygen atoms in total. The number of hydrogen-bond acceptors (Lipinski definition) is 3. The van der Waals surface area contributed by atoms with E-state index in [1.807, 2.05) is 14.0 Å². The van der Waals surface area contributed by atoms with Gasteiger partial charge in [-0.15, -0.1) is 0 Å². The molecule has 1 fully saturated rings. The maximum absolute atomic E-state index is 9.26. The van der Waals surface area contributed by atoms with Crippen molar-refractivity contribution in [2.45, 2.75) is 71.0 Å². The van der Waals surface area contributed by atoms with Gasteiger partial charge in [0.25, 0.3) is 0 Å². The van der Waals surface area contributed by atoms with Crippen molar-refractivity contribution in [3.05, 3.63) is 0 Å². The van der Waals surface area contributed by atoms with E-state index in [4.69, 9.17) is 0 Å². The van der Waals surface area contributed by atoms with E-state index < -0.39 is 5.54 Å². The Hall–Kier alpha value is -0.590. The summed E-state index contributed by atoms with van der Waals surface area (Å²) in [5.74, 6) is 0.755. The van der Waals surface area contributed by atoms with Gasteiger partial charge in [-0.05, 0) is 59.0 Å². The molecule has 1 aliphatic rings. The third-order valence-corrected chi connectivity index (χ3v) is 4.05. The summed E-state index contributed by atoms with van der Waals surface area (Å²) in [6.45, 7) is 10.0. The predicted octanol–water partition coefficient (Wildman–Crippen LogP) is 2.78. The Morgan fingerprint density at radius 3 is 2.39 bits per heavy atom. The number of nitrogens with one attached hydrogen (secondary N) is 1. The van der Waals surface area contributed by atoms with Crippen LogP contribution < -0.4 is 5.32 Å². The maximum atomic E-state index is 9.26. The Bertz CT molecular complexity index is 291. The molecular formula is C15H29N3. The largest absolute Gasteiger partial charge is 0.303 e. The van der Waals surface area contributed by atoms with Gasteiger partial charge in [0.1, 0.15) is 5.54 Å². The van der Waals surface area contributed by atoms with Crippen LogP contribution in [0.5, 0.6) is 0 Å². The number of nitrogens with zero attached hydrogens (tertiary/aromatic N) is 2. The molecule has 18 heavy (non-hydrogen) atoms. The summed E-state index contributed by atoms with van der Waals surface area (Å²) in [5.41, 5.74) is -0.398. The molecule has 3 heteroatoms. The van der Waals surface area contributed by atoms with Crippen LogP contribution in [0.4, 0.5) is 0 Å². The fourth-order valence-electron chi connectivity index (χ4n) is 2.49. The molecular weight excluding hydrogens is 222 g/mol. The van der Waals surface area contributed by atoms with Crippen molar-refractivity contribution in [1.29, 1.82) is 5.26 Å². The summed E-state index contributed by atoms with van der Waals surface area (Å²) in [7, 11) is 1.88. The van der Waals surface area contributed by atoms with Crippen LogP contribution in [-0.2, 0) is 0 Å². The van der Waals surface area contributed by atoms with Gasteiger partial charge in [0.05, 0.1) is 6.07 Å². The van der Waals surface area contributed by atoms with Crippen LogP contribution >= 0.6 is 0 Å². The quantitative estimate of drug-likeness (QED) is 0.721. The lowest BCUT2D eigenvalue weighted by Crippen LogP contribution is -2.46. The second kappa shape index (κ2) is 6.54. The van der Waals surface area contributed by atoms with Crippen molar-refractivity contribution in [3.63, 3.8) is 0 Å². The van der Waals surface area contributed by atoms with Gasteiger partial charge in [-0.2, -0.15) is 5.26 Å². The third kappa shape index (κ3) is 4.59. The zero-order valence-corrected chi connectivity index (χ0v) is 12.7. The van der Waals surface area contributed by atoms with Gasteiger partial charge < -0.3 is 5.32 Å². The summed E-state index contributed by atoms with van der Waals surface area (Å²) >= 11 is 0. The van der Waals surface area contributed by atoms with E-state index in [2.05, 4.69) is 37.1 Å². The van der Waals surface area contributed by atoms with Crippen molar-refractivity contribution >= 4 is 0 Å². The number of hydrogen-bond donors (Lipinski definition) is 1. The van der Waals surface area contributed by atoms with Crippen LogP contribution in [0.3, 0.4) is 0 Å². The fraction of sp³-hybridized carbons (Fsp3) is 0.933. The molecule has 0 saturated heterocycles. The first kappa shape index (κ1) is 15.5. The second-order valence-electron chi connectivity index (χ2n) is 6.40. The van der Waals surface area contributed by atoms with Crippen LogP contribution in [0.2, 0.25) is 0 Å². The van der Waals surface area contributed by atoms with Gasteiger partial charge >= 0.3 is 0 Å². The van der Waals surface area contributed by atoms with Gasteiger partial charge in [-0.3, -0.25) is 4.90 Å². The van der Waals surface area contributed by atoms with E-state index in [1.165, 1.54) is 25.8 Å². The molecule has 104 valence electrons. The summed E-state index contributed by atoms with van der Waals surface area (Å²) in [6, 6.07) is 3.66. The standard InChI is InChI=1S/C15H29N3/c1-12(2)8-9-18(14-6-7-14)13(3)10-15(4,11-16)17-5/h12-14,17H,6-10H2,1-5H3. The average Bonchev–Trinajstić information content (AvgIpc) is 3.13. The van der Waals surface area contributed by atoms with E-state index in [9.17, 15) is 5.26 Å². The first-order valence-electron chi connectivity index (χ1n) is 7.27. The van der Waals surface area contributed by atoms with Crippen LogP contribution in [-0.4, -0.2) is 36.1 Å². The minimum absolute atomic E-state index is 0.398. The van der Waals surface area contributed by atoms with Crippen LogP contribution in [0, 0.1) is 17.2 Å². The zero-order chi connectivity index (χ0) is 13.8. The first-order valence-corrected chi connectivity index (χ1v) is 7.27. The number of rotatable bonds is 8. The van der Waals surface area contributed by atoms with E-state index in [0.717, 1.165) is 18.4 Å². The third-order valence-electron chi connectivity index (χ3n) is 4.05. The molecule has 1 rings (SSSR count). The van der Waals surface area contributed by atoms with Crippen molar-refractivity contribution in [2.75, 3.05) is 13.6 Å². The van der Waals surface area contributed by atoms with Gasteiger partial charge in [-0.25, -0.2) is 0 Å². The van der Waals surface area contributed by atoms with Gasteiger partial charge in [0, 0.05) is 12.1 Å². The summed E-state index contributed by atoms with van der Waals surface area (Å²) < 4.78 is 0. The van der Waals surface area contributed by atoms with E-state index >= 15 is 0 Å². The molecule has 0 bridgehead atoms. The van der Waals surface area contributed by atoms with Crippen molar-refractivity contribution in [3.8, 4) is 6.07 Å². The van der Waals surface area contributed by atoms with Crippen molar-refractivity contribution in [2.24, 2.45) is 5.92 Å². The van der Waals surface area contributed by atoms with Crippen molar-refractivity contribution < 1.29 is 0 Å². The second-order valence-corrected chi connectivity index (χ2v) is 6.40. The van der Waals surface area contributed by atoms with Gasteiger partial charge in [0.15, 0.2) is 0 Å². The summed E-state index contributed by atoms with van der Waals surface area (Å²) in [6.07, 6.45) is 4.83. The first-order chi connectivity index (χ1) is 8.41. The Labute approximate surface area is 113 Å². The highest BCUT2D eigenvalue weighted by Gasteiger charge is 2.35. The van der Waals surface area contributed by atoms with Crippen LogP contribution in [0.25, 0.3) is 0 Å². The Balaban J connectivity index is 2.54. The minimum Gasteiger partial charge on any atom is -0.303 e. The summed E-state index contributed by atoms with van der Waals surface area (Å²) in [4.78, 5) is 2.62. The molecule has 2 unspecified atom stereocenters. The molecule has 0 aromatic heterocycles. The zero-order valence-electron chi connectivity index (χ0n) is 12.7. The van der Waals surface area contributed by atoms with Crippen LogP contribution in [0.15, 0.2) is 0 Å². The van der Waals surface area contributed by atoms with E-state index in [1.54, 1.807) is 0 Å².